The smallest absolute Gasteiger partial charge is 0.306 e. The molecule has 0 aliphatic carbocycles. The van der Waals surface area contributed by atoms with E-state index in [0.29, 0.717) is 30.1 Å². The van der Waals surface area contributed by atoms with Gasteiger partial charge in [-0.25, -0.2) is 0 Å². The molecule has 1 heterocycles. The maximum atomic E-state index is 13.0. The van der Waals surface area contributed by atoms with Crippen LogP contribution in [0.25, 0.3) is 0 Å². The molecule has 3 rings (SSSR count). The SMILES string of the molecule is COC(=O)CCSCC(=O)N(CCO)c1ccc(C(=O)N2CCN(CCc3ccc(Cl)cc3)CC2)cc1. The molecule has 0 bridgehead atoms. The van der Waals surface area contributed by atoms with Crippen LogP contribution in [0.15, 0.2) is 48.5 Å². The van der Waals surface area contributed by atoms with Gasteiger partial charge in [0, 0.05) is 61.3 Å². The quantitative estimate of drug-likeness (QED) is 0.323. The van der Waals surface area contributed by atoms with Gasteiger partial charge in [0.1, 0.15) is 0 Å². The summed E-state index contributed by atoms with van der Waals surface area (Å²) in [5.74, 6) is 0.152. The number of halogens is 1. The number of rotatable bonds is 12. The van der Waals surface area contributed by atoms with Crippen LogP contribution in [0.1, 0.15) is 22.3 Å². The zero-order chi connectivity index (χ0) is 26.6. The van der Waals surface area contributed by atoms with Crippen molar-refractivity contribution >= 4 is 46.8 Å². The van der Waals surface area contributed by atoms with E-state index in [4.69, 9.17) is 11.6 Å². The van der Waals surface area contributed by atoms with Crippen molar-refractivity contribution in [3.63, 3.8) is 0 Å². The third-order valence-corrected chi connectivity index (χ3v) is 7.44. The van der Waals surface area contributed by atoms with Crippen molar-refractivity contribution in [3.8, 4) is 0 Å². The summed E-state index contributed by atoms with van der Waals surface area (Å²) in [4.78, 5) is 42.7. The average Bonchev–Trinajstić information content (AvgIpc) is 2.93. The van der Waals surface area contributed by atoms with Crippen LogP contribution >= 0.6 is 23.4 Å². The zero-order valence-electron chi connectivity index (χ0n) is 21.1. The lowest BCUT2D eigenvalue weighted by Gasteiger charge is -2.35. The Morgan fingerprint density at radius 3 is 2.32 bits per heavy atom. The number of anilines is 1. The summed E-state index contributed by atoms with van der Waals surface area (Å²) < 4.78 is 4.61. The van der Waals surface area contributed by atoms with E-state index in [-0.39, 0.29) is 43.1 Å². The number of carbonyl (C=O) groups is 3. The van der Waals surface area contributed by atoms with E-state index in [2.05, 4.69) is 9.64 Å². The normalized spacial score (nSPS) is 13.9. The molecule has 200 valence electrons. The van der Waals surface area contributed by atoms with Gasteiger partial charge in [-0.3, -0.25) is 19.3 Å². The van der Waals surface area contributed by atoms with E-state index in [1.807, 2.05) is 29.2 Å². The van der Waals surface area contributed by atoms with Gasteiger partial charge >= 0.3 is 5.97 Å². The van der Waals surface area contributed by atoms with Crippen LogP contribution < -0.4 is 4.90 Å². The van der Waals surface area contributed by atoms with Crippen molar-refractivity contribution in [1.29, 1.82) is 0 Å². The number of aliphatic hydroxyl groups is 1. The van der Waals surface area contributed by atoms with Crippen molar-refractivity contribution in [2.24, 2.45) is 0 Å². The number of hydrogen-bond acceptors (Lipinski definition) is 7. The van der Waals surface area contributed by atoms with Crippen molar-refractivity contribution in [2.45, 2.75) is 12.8 Å². The summed E-state index contributed by atoms with van der Waals surface area (Å²) in [6.07, 6.45) is 1.18. The number of hydrogen-bond donors (Lipinski definition) is 1. The van der Waals surface area contributed by atoms with Gasteiger partial charge in [-0.15, -0.1) is 0 Å². The number of esters is 1. The number of piperazine rings is 1. The first kappa shape index (κ1) is 29.0. The molecule has 10 heteroatoms. The van der Waals surface area contributed by atoms with Crippen molar-refractivity contribution < 1.29 is 24.2 Å². The fourth-order valence-electron chi connectivity index (χ4n) is 4.07. The maximum absolute atomic E-state index is 13.0. The van der Waals surface area contributed by atoms with Crippen LogP contribution in [0.2, 0.25) is 5.02 Å². The highest BCUT2D eigenvalue weighted by Gasteiger charge is 2.23. The minimum atomic E-state index is -0.313. The molecule has 8 nitrogen and oxygen atoms in total. The van der Waals surface area contributed by atoms with E-state index >= 15 is 0 Å². The molecule has 0 aromatic heterocycles. The van der Waals surface area contributed by atoms with E-state index in [9.17, 15) is 19.5 Å². The molecule has 1 aliphatic heterocycles. The monoisotopic (exact) mass is 547 g/mol. The minimum absolute atomic E-state index is 0.0256. The molecular weight excluding hydrogens is 514 g/mol. The van der Waals surface area contributed by atoms with Gasteiger partial charge in [-0.1, -0.05) is 23.7 Å². The van der Waals surface area contributed by atoms with Crippen molar-refractivity contribution in [1.82, 2.24) is 9.80 Å². The second-order valence-corrected chi connectivity index (χ2v) is 10.2. The maximum Gasteiger partial charge on any atom is 0.306 e. The molecule has 0 saturated carbocycles. The third-order valence-electron chi connectivity index (χ3n) is 6.24. The Hall–Kier alpha value is -2.59. The van der Waals surface area contributed by atoms with Crippen LogP contribution in [0, 0.1) is 0 Å². The Morgan fingerprint density at radius 2 is 1.70 bits per heavy atom. The number of ether oxygens (including phenoxy) is 1. The standard InChI is InChI=1S/C27H34ClN3O5S/c1-36-26(34)11-19-37-20-25(33)31(17-18-32)24-8-4-22(5-9-24)27(35)30-15-13-29(14-16-30)12-10-21-2-6-23(28)7-3-21/h2-9,32H,10-20H2,1H3. The van der Waals surface area contributed by atoms with Gasteiger partial charge < -0.3 is 19.6 Å². The number of benzene rings is 2. The summed E-state index contributed by atoms with van der Waals surface area (Å²) in [6, 6.07) is 14.8. The third kappa shape index (κ3) is 9.03. The highest BCUT2D eigenvalue weighted by atomic mass is 35.5. The van der Waals surface area contributed by atoms with Crippen LogP contribution in [0.3, 0.4) is 0 Å². The average molecular weight is 548 g/mol. The molecule has 1 saturated heterocycles. The van der Waals surface area contributed by atoms with E-state index in [1.165, 1.54) is 29.3 Å². The van der Waals surface area contributed by atoms with Crippen LogP contribution in [0.5, 0.6) is 0 Å². The fraction of sp³-hybridized carbons (Fsp3) is 0.444. The molecule has 1 N–H and O–H groups in total. The first-order chi connectivity index (χ1) is 17.9. The molecule has 0 spiro atoms. The molecule has 0 atom stereocenters. The minimum Gasteiger partial charge on any atom is -0.469 e. The van der Waals surface area contributed by atoms with E-state index < -0.39 is 0 Å². The van der Waals surface area contributed by atoms with Gasteiger partial charge in [0.25, 0.3) is 5.91 Å². The molecule has 0 radical (unpaired) electrons. The van der Waals surface area contributed by atoms with Gasteiger partial charge in [-0.2, -0.15) is 11.8 Å². The summed E-state index contributed by atoms with van der Waals surface area (Å²) in [5.41, 5.74) is 2.44. The predicted octanol–water partition coefficient (Wildman–Crippen LogP) is 2.96. The lowest BCUT2D eigenvalue weighted by molar-refractivity contribution is -0.140. The van der Waals surface area contributed by atoms with Gasteiger partial charge in [0.05, 0.1) is 25.9 Å². The Morgan fingerprint density at radius 1 is 1.03 bits per heavy atom. The molecule has 2 aromatic carbocycles. The Bertz CT molecular complexity index is 1030. The van der Waals surface area contributed by atoms with Gasteiger partial charge in [0.15, 0.2) is 0 Å². The molecule has 2 amide bonds. The second-order valence-electron chi connectivity index (χ2n) is 8.70. The Labute approximate surface area is 227 Å². The molecule has 1 fully saturated rings. The molecule has 0 unspecified atom stereocenters. The van der Waals surface area contributed by atoms with Crippen LogP contribution in [0.4, 0.5) is 5.69 Å². The molecule has 2 aromatic rings. The van der Waals surface area contributed by atoms with E-state index in [1.54, 1.807) is 24.3 Å². The number of methoxy groups -OCH3 is 1. The largest absolute Gasteiger partial charge is 0.469 e. The lowest BCUT2D eigenvalue weighted by Crippen LogP contribution is -2.49. The summed E-state index contributed by atoms with van der Waals surface area (Å²) in [7, 11) is 1.33. The van der Waals surface area contributed by atoms with Gasteiger partial charge in [0.2, 0.25) is 5.91 Å². The number of nitrogens with zero attached hydrogens (tertiary/aromatic N) is 3. The molecule has 1 aliphatic rings. The summed E-state index contributed by atoms with van der Waals surface area (Å²) in [5, 5.41) is 10.2. The Balaban J connectivity index is 1.48. The topological polar surface area (TPSA) is 90.4 Å². The summed E-state index contributed by atoms with van der Waals surface area (Å²) >= 11 is 7.30. The molecule has 37 heavy (non-hydrogen) atoms. The number of carbonyl (C=O) groups excluding carboxylic acids is 3. The van der Waals surface area contributed by atoms with E-state index in [0.717, 1.165) is 31.1 Å². The highest BCUT2D eigenvalue weighted by Crippen LogP contribution is 2.19. The predicted molar refractivity (Wildman–Crippen MR) is 147 cm³/mol. The summed E-state index contributed by atoms with van der Waals surface area (Å²) in [6.45, 7) is 3.89. The van der Waals surface area contributed by atoms with Crippen LogP contribution in [-0.2, 0) is 20.7 Å². The Kier molecular flexibility index (Phi) is 11.7. The lowest BCUT2D eigenvalue weighted by atomic mass is 10.1. The number of thioether (sulfide) groups is 1. The van der Waals surface area contributed by atoms with Crippen molar-refractivity contribution in [3.05, 3.63) is 64.7 Å². The number of aliphatic hydroxyl groups excluding tert-OH is 1. The van der Waals surface area contributed by atoms with Crippen LogP contribution in [-0.4, -0.2) is 97.2 Å². The highest BCUT2D eigenvalue weighted by molar-refractivity contribution is 7.99. The number of amides is 2. The zero-order valence-corrected chi connectivity index (χ0v) is 22.7. The fourth-order valence-corrected chi connectivity index (χ4v) is 4.98. The molecular formula is C27H34ClN3O5S. The van der Waals surface area contributed by atoms with Crippen molar-refractivity contribution in [2.75, 3.05) is 69.4 Å². The first-order valence-corrected chi connectivity index (χ1v) is 13.9. The second kappa shape index (κ2) is 15.0. The van der Waals surface area contributed by atoms with Gasteiger partial charge in [-0.05, 0) is 48.4 Å². The first-order valence-electron chi connectivity index (χ1n) is 12.3.